The number of nitrogens with zero attached hydrogens (tertiary/aromatic N) is 1. The molecular formula is C16H14BrNO7S. The third kappa shape index (κ3) is 4.44. The van der Waals surface area contributed by atoms with E-state index in [-0.39, 0.29) is 10.7 Å². The molecule has 2 rings (SSSR count). The van der Waals surface area contributed by atoms with E-state index < -0.39 is 35.7 Å². The summed E-state index contributed by atoms with van der Waals surface area (Å²) in [7, 11) is 1.17. The number of amides is 2. The van der Waals surface area contributed by atoms with Crippen molar-refractivity contribution in [2.45, 2.75) is 13.0 Å². The van der Waals surface area contributed by atoms with Crippen LogP contribution >= 0.6 is 27.7 Å². The maximum Gasteiger partial charge on any atom is 0.341 e. The summed E-state index contributed by atoms with van der Waals surface area (Å²) < 4.78 is 10.4. The summed E-state index contributed by atoms with van der Waals surface area (Å²) in [5.41, 5.74) is 0.414. The van der Waals surface area contributed by atoms with Gasteiger partial charge in [0.05, 0.1) is 12.0 Å². The highest BCUT2D eigenvalue weighted by Crippen LogP contribution is 2.36. The second kappa shape index (κ2) is 8.37. The van der Waals surface area contributed by atoms with E-state index in [4.69, 9.17) is 9.84 Å². The lowest BCUT2D eigenvalue weighted by Gasteiger charge is -2.18. The lowest BCUT2D eigenvalue weighted by molar-refractivity contribution is -0.148. The Morgan fingerprint density at radius 1 is 1.38 bits per heavy atom. The Kier molecular flexibility index (Phi) is 6.43. The predicted molar refractivity (Wildman–Crippen MR) is 96.6 cm³/mol. The molecule has 1 aromatic carbocycles. The van der Waals surface area contributed by atoms with Crippen LogP contribution in [0.25, 0.3) is 6.08 Å². The summed E-state index contributed by atoms with van der Waals surface area (Å²) in [5.74, 6) is -2.25. The molecule has 1 aliphatic rings. The van der Waals surface area contributed by atoms with Crippen molar-refractivity contribution in [3.8, 4) is 5.75 Å². The number of ether oxygens (including phenoxy) is 2. The molecule has 8 nitrogen and oxygen atoms in total. The van der Waals surface area contributed by atoms with E-state index in [1.165, 1.54) is 20.1 Å². The van der Waals surface area contributed by atoms with Crippen molar-refractivity contribution in [1.29, 1.82) is 0 Å². The molecule has 1 aliphatic heterocycles. The third-order valence-electron chi connectivity index (χ3n) is 3.36. The molecule has 10 heteroatoms. The van der Waals surface area contributed by atoms with Crippen LogP contribution in [0.1, 0.15) is 12.5 Å². The van der Waals surface area contributed by atoms with Crippen LogP contribution in [-0.2, 0) is 19.1 Å². The van der Waals surface area contributed by atoms with Crippen LogP contribution in [-0.4, -0.2) is 52.8 Å². The summed E-state index contributed by atoms with van der Waals surface area (Å²) >= 11 is 3.96. The number of benzene rings is 1. The summed E-state index contributed by atoms with van der Waals surface area (Å²) in [6.45, 7) is 0.842. The molecule has 0 saturated carbocycles. The largest absolute Gasteiger partial charge is 0.481 e. The fourth-order valence-corrected chi connectivity index (χ4v) is 3.41. The quantitative estimate of drug-likeness (QED) is 0.527. The van der Waals surface area contributed by atoms with Crippen LogP contribution < -0.4 is 4.74 Å². The Morgan fingerprint density at radius 3 is 2.69 bits per heavy atom. The average molecular weight is 444 g/mol. The van der Waals surface area contributed by atoms with Crippen molar-refractivity contribution in [2.75, 3.05) is 13.7 Å². The van der Waals surface area contributed by atoms with Crippen LogP contribution in [0.2, 0.25) is 0 Å². The monoisotopic (exact) mass is 443 g/mol. The molecule has 1 atom stereocenters. The highest BCUT2D eigenvalue weighted by Gasteiger charge is 2.41. The summed E-state index contributed by atoms with van der Waals surface area (Å²) in [5, 5.41) is 8.15. The zero-order chi connectivity index (χ0) is 19.4. The normalized spacial score (nSPS) is 16.7. The number of carbonyl (C=O) groups is 4. The van der Waals surface area contributed by atoms with Gasteiger partial charge in [0.1, 0.15) is 11.8 Å². The SMILES string of the molecule is COC(=O)[C@@H](C)N1C(=O)S/C(=C/c2cc(Br)ccc2OCC(=O)O)C1=O. The number of carboxylic acids is 1. The maximum absolute atomic E-state index is 12.5. The first-order valence-electron chi connectivity index (χ1n) is 7.23. The molecule has 2 amide bonds. The van der Waals surface area contributed by atoms with Gasteiger partial charge < -0.3 is 14.6 Å². The van der Waals surface area contributed by atoms with Gasteiger partial charge in [-0.05, 0) is 43.0 Å². The van der Waals surface area contributed by atoms with Crippen LogP contribution in [0.5, 0.6) is 5.75 Å². The van der Waals surface area contributed by atoms with Gasteiger partial charge in [-0.2, -0.15) is 0 Å². The molecular weight excluding hydrogens is 430 g/mol. The predicted octanol–water partition coefficient (Wildman–Crippen LogP) is 2.51. The number of hydrogen-bond donors (Lipinski definition) is 1. The Balaban J connectivity index is 2.34. The zero-order valence-corrected chi connectivity index (χ0v) is 16.1. The second-order valence-corrected chi connectivity index (χ2v) is 7.02. The maximum atomic E-state index is 12.5. The number of rotatable bonds is 6. The first-order valence-corrected chi connectivity index (χ1v) is 8.84. The molecule has 0 bridgehead atoms. The third-order valence-corrected chi connectivity index (χ3v) is 4.74. The smallest absolute Gasteiger partial charge is 0.341 e. The molecule has 26 heavy (non-hydrogen) atoms. The molecule has 1 heterocycles. The van der Waals surface area contributed by atoms with E-state index in [0.29, 0.717) is 21.8 Å². The van der Waals surface area contributed by atoms with E-state index in [1.54, 1.807) is 18.2 Å². The van der Waals surface area contributed by atoms with Gasteiger partial charge in [0, 0.05) is 10.0 Å². The number of methoxy groups -OCH3 is 1. The zero-order valence-electron chi connectivity index (χ0n) is 13.7. The number of esters is 1. The summed E-state index contributed by atoms with van der Waals surface area (Å²) in [6.07, 6.45) is 1.41. The number of hydrogen-bond acceptors (Lipinski definition) is 7. The highest BCUT2D eigenvalue weighted by molar-refractivity contribution is 9.10. The first kappa shape index (κ1) is 20.0. The number of carbonyl (C=O) groups excluding carboxylic acids is 3. The minimum atomic E-state index is -1.15. The van der Waals surface area contributed by atoms with Crippen molar-refractivity contribution in [1.82, 2.24) is 4.90 Å². The minimum absolute atomic E-state index is 0.0871. The van der Waals surface area contributed by atoms with Crippen molar-refractivity contribution >= 4 is 56.9 Å². The average Bonchev–Trinajstić information content (AvgIpc) is 2.86. The first-order chi connectivity index (χ1) is 12.2. The van der Waals surface area contributed by atoms with Crippen molar-refractivity contribution < 1.29 is 33.8 Å². The van der Waals surface area contributed by atoms with Crippen molar-refractivity contribution in [3.05, 3.63) is 33.1 Å². The number of aliphatic carboxylic acids is 1. The van der Waals surface area contributed by atoms with Crippen LogP contribution in [0.3, 0.4) is 0 Å². The van der Waals surface area contributed by atoms with Crippen molar-refractivity contribution in [2.24, 2.45) is 0 Å². The van der Waals surface area contributed by atoms with Crippen LogP contribution in [0.4, 0.5) is 4.79 Å². The molecule has 0 radical (unpaired) electrons. The number of carboxylic acid groups (broad SMARTS) is 1. The Bertz CT molecular complexity index is 808. The molecule has 0 unspecified atom stereocenters. The second-order valence-electron chi connectivity index (χ2n) is 5.12. The molecule has 138 valence electrons. The number of imide groups is 1. The van der Waals surface area contributed by atoms with Gasteiger partial charge in [-0.15, -0.1) is 0 Å². The van der Waals surface area contributed by atoms with Gasteiger partial charge in [-0.3, -0.25) is 14.5 Å². The lowest BCUT2D eigenvalue weighted by Crippen LogP contribution is -2.42. The van der Waals surface area contributed by atoms with E-state index in [9.17, 15) is 19.2 Å². The molecule has 1 aromatic rings. The fourth-order valence-electron chi connectivity index (χ4n) is 2.13. The fraction of sp³-hybridized carbons (Fsp3) is 0.250. The van der Waals surface area contributed by atoms with Gasteiger partial charge >= 0.3 is 11.9 Å². The van der Waals surface area contributed by atoms with E-state index in [2.05, 4.69) is 20.7 Å². The Labute approximate surface area is 161 Å². The number of thioether (sulfide) groups is 1. The van der Waals surface area contributed by atoms with Gasteiger partial charge in [0.2, 0.25) is 0 Å². The number of halogens is 1. The van der Waals surface area contributed by atoms with E-state index >= 15 is 0 Å². The van der Waals surface area contributed by atoms with Crippen LogP contribution in [0, 0.1) is 0 Å². The van der Waals surface area contributed by atoms with Crippen LogP contribution in [0.15, 0.2) is 27.6 Å². The molecule has 0 aliphatic carbocycles. The van der Waals surface area contributed by atoms with Gasteiger partial charge in [-0.1, -0.05) is 15.9 Å². The van der Waals surface area contributed by atoms with Gasteiger partial charge in [0.15, 0.2) is 6.61 Å². The Hall–Kier alpha value is -2.33. The molecule has 0 aromatic heterocycles. The van der Waals surface area contributed by atoms with Gasteiger partial charge in [-0.25, -0.2) is 9.59 Å². The summed E-state index contributed by atoms with van der Waals surface area (Å²) in [4.78, 5) is 47.8. The Morgan fingerprint density at radius 2 is 2.08 bits per heavy atom. The van der Waals surface area contributed by atoms with Gasteiger partial charge in [0.25, 0.3) is 11.1 Å². The highest BCUT2D eigenvalue weighted by atomic mass is 79.9. The van der Waals surface area contributed by atoms with E-state index in [1.807, 2.05) is 0 Å². The van der Waals surface area contributed by atoms with Crippen molar-refractivity contribution in [3.63, 3.8) is 0 Å². The van der Waals surface area contributed by atoms with E-state index in [0.717, 1.165) is 4.90 Å². The molecule has 1 saturated heterocycles. The topological polar surface area (TPSA) is 110 Å². The molecule has 1 fully saturated rings. The molecule has 0 spiro atoms. The minimum Gasteiger partial charge on any atom is -0.481 e. The standard InChI is InChI=1S/C16H14BrNO7S/c1-8(15(22)24-2)18-14(21)12(26-16(18)23)6-9-5-10(17)3-4-11(9)25-7-13(19)20/h3-6,8H,7H2,1-2H3,(H,19,20)/b12-6+/t8-/m1/s1. The molecule has 1 N–H and O–H groups in total. The summed E-state index contributed by atoms with van der Waals surface area (Å²) in [6, 6.07) is 3.76. The lowest BCUT2D eigenvalue weighted by atomic mass is 10.1.